The van der Waals surface area contributed by atoms with Gasteiger partial charge in [0, 0.05) is 18.2 Å². The van der Waals surface area contributed by atoms with Gasteiger partial charge in [-0.1, -0.05) is 26.3 Å². The summed E-state index contributed by atoms with van der Waals surface area (Å²) in [5, 5.41) is 0. The van der Waals surface area contributed by atoms with Crippen LogP contribution in [0.25, 0.3) is 0 Å². The monoisotopic (exact) mass is 291 g/mol. The minimum absolute atomic E-state index is 0.329. The SMILES string of the molecule is CCCOc1ccc(CN)c(OC2CCCCC2CC)c1. The fourth-order valence-electron chi connectivity index (χ4n) is 3.08. The van der Waals surface area contributed by atoms with Crippen LogP contribution in [0.15, 0.2) is 18.2 Å². The summed E-state index contributed by atoms with van der Waals surface area (Å²) in [6.07, 6.45) is 7.57. The molecule has 0 saturated heterocycles. The average molecular weight is 291 g/mol. The Kier molecular flexibility index (Phi) is 6.37. The van der Waals surface area contributed by atoms with Gasteiger partial charge in [0.25, 0.3) is 0 Å². The third-order valence-corrected chi connectivity index (χ3v) is 4.37. The van der Waals surface area contributed by atoms with Crippen LogP contribution in [0.2, 0.25) is 0 Å². The number of benzene rings is 1. The van der Waals surface area contributed by atoms with Crippen molar-refractivity contribution in [3.63, 3.8) is 0 Å². The first-order valence-corrected chi connectivity index (χ1v) is 8.40. The van der Waals surface area contributed by atoms with Crippen LogP contribution in [-0.2, 0) is 6.54 Å². The second-order valence-electron chi connectivity index (χ2n) is 5.93. The molecule has 1 aliphatic rings. The van der Waals surface area contributed by atoms with Gasteiger partial charge in [0.15, 0.2) is 0 Å². The summed E-state index contributed by atoms with van der Waals surface area (Å²) >= 11 is 0. The molecular formula is C18H29NO2. The zero-order valence-corrected chi connectivity index (χ0v) is 13.4. The maximum Gasteiger partial charge on any atom is 0.127 e. The molecule has 0 aromatic heterocycles. The van der Waals surface area contributed by atoms with Crippen LogP contribution in [0.1, 0.15) is 57.9 Å². The molecule has 2 unspecified atom stereocenters. The highest BCUT2D eigenvalue weighted by Crippen LogP contribution is 2.33. The molecule has 1 saturated carbocycles. The molecule has 0 radical (unpaired) electrons. The third-order valence-electron chi connectivity index (χ3n) is 4.37. The van der Waals surface area contributed by atoms with Gasteiger partial charge in [-0.15, -0.1) is 0 Å². The van der Waals surface area contributed by atoms with Crippen LogP contribution in [0.4, 0.5) is 0 Å². The van der Waals surface area contributed by atoms with Gasteiger partial charge in [0.05, 0.1) is 6.61 Å². The van der Waals surface area contributed by atoms with Crippen molar-refractivity contribution >= 4 is 0 Å². The van der Waals surface area contributed by atoms with Crippen molar-refractivity contribution < 1.29 is 9.47 Å². The van der Waals surface area contributed by atoms with Crippen LogP contribution in [0.5, 0.6) is 11.5 Å². The summed E-state index contributed by atoms with van der Waals surface area (Å²) in [7, 11) is 0. The summed E-state index contributed by atoms with van der Waals surface area (Å²) in [5.41, 5.74) is 6.92. The van der Waals surface area contributed by atoms with Gasteiger partial charge in [-0.3, -0.25) is 0 Å². The van der Waals surface area contributed by atoms with E-state index in [0.717, 1.165) is 36.5 Å². The summed E-state index contributed by atoms with van der Waals surface area (Å²) in [6, 6.07) is 6.03. The first-order valence-electron chi connectivity index (χ1n) is 8.40. The second kappa shape index (κ2) is 8.28. The van der Waals surface area contributed by atoms with Gasteiger partial charge in [-0.25, -0.2) is 0 Å². The minimum atomic E-state index is 0.329. The molecule has 2 rings (SSSR count). The summed E-state index contributed by atoms with van der Waals surface area (Å²) in [4.78, 5) is 0. The molecule has 2 N–H and O–H groups in total. The summed E-state index contributed by atoms with van der Waals surface area (Å²) < 4.78 is 12.1. The maximum atomic E-state index is 6.34. The lowest BCUT2D eigenvalue weighted by atomic mass is 9.84. The van der Waals surface area contributed by atoms with Gasteiger partial charge in [0.2, 0.25) is 0 Å². The van der Waals surface area contributed by atoms with E-state index in [1.807, 2.05) is 18.2 Å². The molecule has 1 aromatic carbocycles. The van der Waals surface area contributed by atoms with Crippen LogP contribution in [0, 0.1) is 5.92 Å². The Hall–Kier alpha value is -1.22. The Labute approximate surface area is 128 Å². The Morgan fingerprint density at radius 3 is 2.71 bits per heavy atom. The molecule has 3 nitrogen and oxygen atoms in total. The lowest BCUT2D eigenvalue weighted by Gasteiger charge is -2.32. The van der Waals surface area contributed by atoms with E-state index in [1.54, 1.807) is 0 Å². The number of hydrogen-bond donors (Lipinski definition) is 1. The largest absolute Gasteiger partial charge is 0.493 e. The highest BCUT2D eigenvalue weighted by atomic mass is 16.5. The normalized spacial score (nSPS) is 22.0. The van der Waals surface area contributed by atoms with E-state index in [0.29, 0.717) is 18.6 Å². The smallest absolute Gasteiger partial charge is 0.127 e. The van der Waals surface area contributed by atoms with Crippen molar-refractivity contribution in [2.45, 2.75) is 65.0 Å². The molecular weight excluding hydrogens is 262 g/mol. The van der Waals surface area contributed by atoms with Gasteiger partial charge >= 0.3 is 0 Å². The molecule has 1 aromatic rings. The van der Waals surface area contributed by atoms with Crippen LogP contribution < -0.4 is 15.2 Å². The molecule has 0 heterocycles. The topological polar surface area (TPSA) is 44.5 Å². The van der Waals surface area contributed by atoms with E-state index in [1.165, 1.54) is 25.7 Å². The van der Waals surface area contributed by atoms with Gasteiger partial charge < -0.3 is 15.2 Å². The molecule has 21 heavy (non-hydrogen) atoms. The molecule has 0 amide bonds. The quantitative estimate of drug-likeness (QED) is 0.815. The molecule has 3 heteroatoms. The molecule has 0 bridgehead atoms. The number of ether oxygens (including phenoxy) is 2. The van der Waals surface area contributed by atoms with Crippen LogP contribution >= 0.6 is 0 Å². The number of nitrogens with two attached hydrogens (primary N) is 1. The van der Waals surface area contributed by atoms with Crippen molar-refractivity contribution in [2.75, 3.05) is 6.61 Å². The second-order valence-corrected chi connectivity index (χ2v) is 5.93. The predicted octanol–water partition coefficient (Wildman–Crippen LogP) is 4.28. The van der Waals surface area contributed by atoms with E-state index >= 15 is 0 Å². The zero-order valence-electron chi connectivity index (χ0n) is 13.4. The van der Waals surface area contributed by atoms with Crippen LogP contribution in [0.3, 0.4) is 0 Å². The first-order chi connectivity index (χ1) is 10.3. The van der Waals surface area contributed by atoms with E-state index in [9.17, 15) is 0 Å². The Bertz CT molecular complexity index is 433. The first kappa shape index (κ1) is 16.2. The molecule has 118 valence electrons. The van der Waals surface area contributed by atoms with Gasteiger partial charge in [-0.05, 0) is 44.1 Å². The predicted molar refractivity (Wildman–Crippen MR) is 86.8 cm³/mol. The lowest BCUT2D eigenvalue weighted by molar-refractivity contribution is 0.0891. The highest BCUT2D eigenvalue weighted by molar-refractivity contribution is 5.41. The zero-order chi connectivity index (χ0) is 15.1. The number of rotatable bonds is 7. The van der Waals surface area contributed by atoms with Gasteiger partial charge in [0.1, 0.15) is 17.6 Å². The lowest BCUT2D eigenvalue weighted by Crippen LogP contribution is -2.30. The Balaban J connectivity index is 2.12. The van der Waals surface area contributed by atoms with Crippen molar-refractivity contribution in [1.82, 2.24) is 0 Å². The van der Waals surface area contributed by atoms with E-state index in [-0.39, 0.29) is 0 Å². The highest BCUT2D eigenvalue weighted by Gasteiger charge is 2.26. The molecule has 0 aliphatic heterocycles. The fourth-order valence-corrected chi connectivity index (χ4v) is 3.08. The summed E-state index contributed by atoms with van der Waals surface area (Å²) in [6.45, 7) is 5.62. The average Bonchev–Trinajstić information content (AvgIpc) is 2.53. The molecule has 1 aliphatic carbocycles. The maximum absolute atomic E-state index is 6.34. The molecule has 2 atom stereocenters. The van der Waals surface area contributed by atoms with Crippen molar-refractivity contribution in [3.05, 3.63) is 23.8 Å². The van der Waals surface area contributed by atoms with Crippen molar-refractivity contribution in [3.8, 4) is 11.5 Å². The number of hydrogen-bond acceptors (Lipinski definition) is 3. The third kappa shape index (κ3) is 4.37. The fraction of sp³-hybridized carbons (Fsp3) is 0.667. The van der Waals surface area contributed by atoms with Crippen LogP contribution in [-0.4, -0.2) is 12.7 Å². The minimum Gasteiger partial charge on any atom is -0.493 e. The van der Waals surface area contributed by atoms with E-state index in [4.69, 9.17) is 15.2 Å². The Morgan fingerprint density at radius 1 is 1.19 bits per heavy atom. The summed E-state index contributed by atoms with van der Waals surface area (Å²) in [5.74, 6) is 2.47. The van der Waals surface area contributed by atoms with Crippen molar-refractivity contribution in [1.29, 1.82) is 0 Å². The standard InChI is InChI=1S/C18H29NO2/c1-3-11-20-16-10-9-15(13-19)18(12-16)21-17-8-6-5-7-14(17)4-2/h9-10,12,14,17H,3-8,11,13,19H2,1-2H3. The Morgan fingerprint density at radius 2 is 2.00 bits per heavy atom. The molecule has 1 fully saturated rings. The molecule has 0 spiro atoms. The van der Waals surface area contributed by atoms with E-state index < -0.39 is 0 Å². The van der Waals surface area contributed by atoms with E-state index in [2.05, 4.69) is 13.8 Å². The van der Waals surface area contributed by atoms with Crippen molar-refractivity contribution in [2.24, 2.45) is 11.7 Å². The van der Waals surface area contributed by atoms with Gasteiger partial charge in [-0.2, -0.15) is 0 Å².